The molecule has 24 heavy (non-hydrogen) atoms. The van der Waals surface area contributed by atoms with Gasteiger partial charge in [-0.05, 0) is 52.5 Å². The molecule has 1 aromatic rings. The number of nitrogens with zero attached hydrogens (tertiary/aromatic N) is 3. The molecule has 0 spiro atoms. The highest BCUT2D eigenvalue weighted by molar-refractivity contribution is 5.67. The van der Waals surface area contributed by atoms with Crippen molar-refractivity contribution in [1.82, 2.24) is 20.2 Å². The number of rotatable bonds is 4. The molecule has 1 N–H and O–H groups in total. The van der Waals surface area contributed by atoms with Crippen molar-refractivity contribution in [1.29, 1.82) is 0 Å². The fraction of sp³-hybridized carbons (Fsp3) is 0.722. The summed E-state index contributed by atoms with van der Waals surface area (Å²) in [6.45, 7) is 11.4. The molecular weight excluding hydrogens is 304 g/mol. The summed E-state index contributed by atoms with van der Waals surface area (Å²) < 4.78 is 5.34. The number of ether oxygens (including phenoxy) is 1. The molecule has 1 fully saturated rings. The molecule has 1 aromatic heterocycles. The molecule has 1 aliphatic rings. The van der Waals surface area contributed by atoms with E-state index in [0.29, 0.717) is 25.0 Å². The van der Waals surface area contributed by atoms with Crippen LogP contribution >= 0.6 is 0 Å². The largest absolute Gasteiger partial charge is 0.444 e. The monoisotopic (exact) mass is 334 g/mol. The van der Waals surface area contributed by atoms with E-state index in [0.717, 1.165) is 18.7 Å². The highest BCUT2D eigenvalue weighted by Crippen LogP contribution is 2.28. The lowest BCUT2D eigenvalue weighted by molar-refractivity contribution is 0.0334. The van der Waals surface area contributed by atoms with Crippen LogP contribution in [0.15, 0.2) is 18.5 Å². The summed E-state index contributed by atoms with van der Waals surface area (Å²) >= 11 is 0. The average molecular weight is 334 g/mol. The zero-order valence-corrected chi connectivity index (χ0v) is 15.5. The molecule has 134 valence electrons. The Bertz CT molecular complexity index is 530. The second-order valence-electron chi connectivity index (χ2n) is 7.67. The van der Waals surface area contributed by atoms with Crippen molar-refractivity contribution >= 4 is 6.09 Å². The van der Waals surface area contributed by atoms with E-state index in [4.69, 9.17) is 4.74 Å². The van der Waals surface area contributed by atoms with E-state index >= 15 is 0 Å². The molecule has 3 atom stereocenters. The summed E-state index contributed by atoms with van der Waals surface area (Å²) in [5, 5.41) is 2.92. The molecule has 0 aliphatic carbocycles. The van der Waals surface area contributed by atoms with Gasteiger partial charge in [-0.3, -0.25) is 4.90 Å². The normalized spacial score (nSPS) is 25.3. The van der Waals surface area contributed by atoms with Crippen LogP contribution in [-0.2, 0) is 11.3 Å². The lowest BCUT2D eigenvalue weighted by Gasteiger charge is -2.43. The van der Waals surface area contributed by atoms with Crippen molar-refractivity contribution in [3.63, 3.8) is 0 Å². The van der Waals surface area contributed by atoms with Crippen LogP contribution in [0.2, 0.25) is 0 Å². The number of hydrogen-bond donors (Lipinski definition) is 1. The summed E-state index contributed by atoms with van der Waals surface area (Å²) in [5.74, 6) is 1.44. The molecule has 2 rings (SSSR count). The topological polar surface area (TPSA) is 67.3 Å². The van der Waals surface area contributed by atoms with Crippen LogP contribution in [0.5, 0.6) is 0 Å². The van der Waals surface area contributed by atoms with Gasteiger partial charge in [0.1, 0.15) is 11.4 Å². The van der Waals surface area contributed by atoms with Gasteiger partial charge in [-0.1, -0.05) is 6.92 Å². The number of amides is 1. The second kappa shape index (κ2) is 7.92. The van der Waals surface area contributed by atoms with Crippen molar-refractivity contribution in [3.05, 3.63) is 24.3 Å². The minimum Gasteiger partial charge on any atom is -0.444 e. The minimum absolute atomic E-state index is 0.271. The van der Waals surface area contributed by atoms with Crippen LogP contribution in [0.4, 0.5) is 4.79 Å². The van der Waals surface area contributed by atoms with Gasteiger partial charge in [-0.2, -0.15) is 0 Å². The maximum Gasteiger partial charge on any atom is 0.407 e. The van der Waals surface area contributed by atoms with E-state index in [2.05, 4.69) is 34.0 Å². The Morgan fingerprint density at radius 2 is 1.96 bits per heavy atom. The molecule has 0 unspecified atom stereocenters. The third-order valence-corrected chi connectivity index (χ3v) is 4.60. The van der Waals surface area contributed by atoms with Crippen molar-refractivity contribution < 1.29 is 9.53 Å². The standard InChI is InChI=1S/C18H30N4O2/c1-13-7-8-15(11-21-17(23)24-18(3,4)5)22(14(13)2)12-16-19-9-6-10-20-16/h6,9-10,13-15H,7-8,11-12H2,1-5H3,(H,21,23)/t13-,14-,15+/m1/s1. The van der Waals surface area contributed by atoms with Gasteiger partial charge in [-0.15, -0.1) is 0 Å². The lowest BCUT2D eigenvalue weighted by atomic mass is 9.87. The first-order valence-corrected chi connectivity index (χ1v) is 8.75. The summed E-state index contributed by atoms with van der Waals surface area (Å²) in [5.41, 5.74) is -0.476. The summed E-state index contributed by atoms with van der Waals surface area (Å²) in [4.78, 5) is 23.0. The van der Waals surface area contributed by atoms with Gasteiger partial charge in [0.25, 0.3) is 0 Å². The van der Waals surface area contributed by atoms with E-state index in [-0.39, 0.29) is 12.1 Å². The molecule has 0 saturated carbocycles. The van der Waals surface area contributed by atoms with Crippen molar-refractivity contribution in [2.75, 3.05) is 6.54 Å². The Balaban J connectivity index is 1.99. The summed E-state index contributed by atoms with van der Waals surface area (Å²) in [6, 6.07) is 2.52. The second-order valence-corrected chi connectivity index (χ2v) is 7.67. The smallest absolute Gasteiger partial charge is 0.407 e. The zero-order chi connectivity index (χ0) is 17.7. The maximum absolute atomic E-state index is 11.9. The van der Waals surface area contributed by atoms with Gasteiger partial charge in [0.15, 0.2) is 0 Å². The fourth-order valence-electron chi connectivity index (χ4n) is 3.10. The molecule has 1 saturated heterocycles. The first kappa shape index (κ1) is 18.6. The Kier molecular flexibility index (Phi) is 6.15. The van der Waals surface area contributed by atoms with E-state index < -0.39 is 5.60 Å². The molecule has 1 aliphatic heterocycles. The summed E-state index contributed by atoms with van der Waals surface area (Å²) in [6.07, 6.45) is 5.40. The molecule has 6 heteroatoms. The number of carbonyl (C=O) groups excluding carboxylic acids is 1. The van der Waals surface area contributed by atoms with Crippen molar-refractivity contribution in [2.45, 2.75) is 71.7 Å². The number of likely N-dealkylation sites (tertiary alicyclic amines) is 1. The quantitative estimate of drug-likeness (QED) is 0.917. The Labute approximate surface area is 145 Å². The zero-order valence-electron chi connectivity index (χ0n) is 15.5. The number of piperidine rings is 1. The van der Waals surface area contributed by atoms with Gasteiger partial charge in [0.05, 0.1) is 6.54 Å². The minimum atomic E-state index is -0.476. The van der Waals surface area contributed by atoms with E-state index in [1.165, 1.54) is 0 Å². The van der Waals surface area contributed by atoms with Crippen LogP contribution in [0, 0.1) is 5.92 Å². The number of carbonyl (C=O) groups is 1. The van der Waals surface area contributed by atoms with Crippen LogP contribution in [0.1, 0.15) is 53.3 Å². The third-order valence-electron chi connectivity index (χ3n) is 4.60. The number of alkyl carbamates (subject to hydrolysis) is 1. The molecule has 6 nitrogen and oxygen atoms in total. The molecule has 0 aromatic carbocycles. The lowest BCUT2D eigenvalue weighted by Crippen LogP contribution is -2.53. The van der Waals surface area contributed by atoms with E-state index in [1.807, 2.05) is 26.8 Å². The number of hydrogen-bond acceptors (Lipinski definition) is 5. The SMILES string of the molecule is C[C@@H]1CC[C@@H](CNC(=O)OC(C)(C)C)N(Cc2ncccn2)[C@@H]1C. The van der Waals surface area contributed by atoms with E-state index in [9.17, 15) is 4.79 Å². The van der Waals surface area contributed by atoms with Crippen LogP contribution in [0.3, 0.4) is 0 Å². The van der Waals surface area contributed by atoms with Gasteiger partial charge in [0, 0.05) is 31.0 Å². The Hall–Kier alpha value is -1.69. The molecule has 0 bridgehead atoms. The summed E-state index contributed by atoms with van der Waals surface area (Å²) in [7, 11) is 0. The fourth-order valence-corrected chi connectivity index (χ4v) is 3.10. The van der Waals surface area contributed by atoms with E-state index in [1.54, 1.807) is 12.4 Å². The van der Waals surface area contributed by atoms with Gasteiger partial charge in [-0.25, -0.2) is 14.8 Å². The molecule has 0 radical (unpaired) electrons. The average Bonchev–Trinajstić information content (AvgIpc) is 2.50. The van der Waals surface area contributed by atoms with Gasteiger partial charge < -0.3 is 10.1 Å². The van der Waals surface area contributed by atoms with Gasteiger partial charge in [0.2, 0.25) is 0 Å². The first-order chi connectivity index (χ1) is 11.3. The predicted molar refractivity (Wildman–Crippen MR) is 93.5 cm³/mol. The molecular formula is C18H30N4O2. The third kappa shape index (κ3) is 5.44. The number of aromatic nitrogens is 2. The highest BCUT2D eigenvalue weighted by Gasteiger charge is 2.33. The van der Waals surface area contributed by atoms with Crippen molar-refractivity contribution in [3.8, 4) is 0 Å². The molecule has 1 amide bonds. The Morgan fingerprint density at radius 3 is 2.58 bits per heavy atom. The maximum atomic E-state index is 11.9. The molecule has 2 heterocycles. The van der Waals surface area contributed by atoms with Gasteiger partial charge >= 0.3 is 6.09 Å². The number of nitrogens with one attached hydrogen (secondary N) is 1. The Morgan fingerprint density at radius 1 is 1.29 bits per heavy atom. The predicted octanol–water partition coefficient (Wildman–Crippen LogP) is 2.99. The van der Waals surface area contributed by atoms with Crippen LogP contribution in [-0.4, -0.2) is 45.2 Å². The highest BCUT2D eigenvalue weighted by atomic mass is 16.6. The van der Waals surface area contributed by atoms with Crippen molar-refractivity contribution in [2.24, 2.45) is 5.92 Å². The van der Waals surface area contributed by atoms with Crippen LogP contribution in [0.25, 0.3) is 0 Å². The van der Waals surface area contributed by atoms with Crippen LogP contribution < -0.4 is 5.32 Å². The first-order valence-electron chi connectivity index (χ1n) is 8.75.